The predicted molar refractivity (Wildman–Crippen MR) is 84.4 cm³/mol. The Labute approximate surface area is 128 Å². The van der Waals surface area contributed by atoms with E-state index in [2.05, 4.69) is 5.32 Å². The van der Waals surface area contributed by atoms with Gasteiger partial charge < -0.3 is 4.74 Å². The van der Waals surface area contributed by atoms with Gasteiger partial charge in [0.1, 0.15) is 5.75 Å². The molecule has 0 unspecified atom stereocenters. The van der Waals surface area contributed by atoms with Crippen LogP contribution >= 0.6 is 0 Å². The zero-order chi connectivity index (χ0) is 15.5. The number of amides is 2. The lowest BCUT2D eigenvalue weighted by Crippen LogP contribution is -2.36. The van der Waals surface area contributed by atoms with Crippen molar-refractivity contribution in [2.75, 3.05) is 6.61 Å². The Morgan fingerprint density at radius 3 is 2.41 bits per heavy atom. The van der Waals surface area contributed by atoms with Crippen LogP contribution in [0, 0.1) is 0 Å². The molecular formula is C18H15NO3. The van der Waals surface area contributed by atoms with Crippen molar-refractivity contribution < 1.29 is 14.3 Å². The first-order valence-electron chi connectivity index (χ1n) is 7.09. The highest BCUT2D eigenvalue weighted by molar-refractivity contribution is 6.34. The molecular weight excluding hydrogens is 278 g/mol. The van der Waals surface area contributed by atoms with Gasteiger partial charge in [0.15, 0.2) is 0 Å². The summed E-state index contributed by atoms with van der Waals surface area (Å²) in [6.07, 6.45) is 1.76. The highest BCUT2D eigenvalue weighted by atomic mass is 16.5. The molecule has 0 fully saturated rings. The van der Waals surface area contributed by atoms with Crippen LogP contribution in [0.3, 0.4) is 0 Å². The number of fused-ring (bicyclic) bond motifs is 1. The van der Waals surface area contributed by atoms with Crippen LogP contribution in [0.25, 0.3) is 11.6 Å². The van der Waals surface area contributed by atoms with Gasteiger partial charge in [0.2, 0.25) is 0 Å². The summed E-state index contributed by atoms with van der Waals surface area (Å²) in [5.74, 6) is -0.0504. The van der Waals surface area contributed by atoms with Gasteiger partial charge in [-0.1, -0.05) is 36.4 Å². The van der Waals surface area contributed by atoms with Gasteiger partial charge in [0.25, 0.3) is 11.8 Å². The summed E-state index contributed by atoms with van der Waals surface area (Å²) >= 11 is 0. The van der Waals surface area contributed by atoms with E-state index >= 15 is 0 Å². The smallest absolute Gasteiger partial charge is 0.258 e. The summed E-state index contributed by atoms with van der Waals surface area (Å²) in [5, 5.41) is 2.37. The molecule has 0 atom stereocenters. The minimum absolute atomic E-state index is 0.365. The van der Waals surface area contributed by atoms with Crippen LogP contribution in [0.2, 0.25) is 0 Å². The lowest BCUT2D eigenvalue weighted by molar-refractivity contribution is -0.114. The minimum atomic E-state index is -0.394. The first kappa shape index (κ1) is 14.1. The van der Waals surface area contributed by atoms with Crippen molar-refractivity contribution in [3.8, 4) is 5.75 Å². The summed E-state index contributed by atoms with van der Waals surface area (Å²) in [5.41, 5.74) is 2.41. The van der Waals surface area contributed by atoms with Gasteiger partial charge in [-0.2, -0.15) is 0 Å². The Hall–Kier alpha value is -2.88. The van der Waals surface area contributed by atoms with Crippen LogP contribution in [0.1, 0.15) is 28.4 Å². The molecule has 110 valence electrons. The molecule has 22 heavy (non-hydrogen) atoms. The molecule has 3 rings (SSSR count). The number of benzene rings is 2. The van der Waals surface area contributed by atoms with Crippen molar-refractivity contribution in [1.82, 2.24) is 5.32 Å². The Bertz CT molecular complexity index is 777. The fourth-order valence-electron chi connectivity index (χ4n) is 2.46. The van der Waals surface area contributed by atoms with E-state index in [1.54, 1.807) is 24.3 Å². The SMILES string of the molecule is CCOc1ccccc1C=C1C(=O)NC(=O)c2ccccc21. The molecule has 2 amide bonds. The summed E-state index contributed by atoms with van der Waals surface area (Å²) in [7, 11) is 0. The molecule has 0 saturated heterocycles. The maximum absolute atomic E-state index is 12.2. The van der Waals surface area contributed by atoms with Crippen LogP contribution in [0.4, 0.5) is 0 Å². The minimum Gasteiger partial charge on any atom is -0.493 e. The molecule has 0 aromatic heterocycles. The average Bonchev–Trinajstić information content (AvgIpc) is 2.53. The third-order valence-electron chi connectivity index (χ3n) is 3.45. The van der Waals surface area contributed by atoms with Crippen LogP contribution < -0.4 is 10.1 Å². The van der Waals surface area contributed by atoms with Crippen LogP contribution in [0.5, 0.6) is 5.75 Å². The zero-order valence-electron chi connectivity index (χ0n) is 12.1. The summed E-state index contributed by atoms with van der Waals surface area (Å²) in [4.78, 5) is 24.1. The number of carbonyl (C=O) groups is 2. The first-order valence-corrected chi connectivity index (χ1v) is 7.09. The number of rotatable bonds is 3. The summed E-state index contributed by atoms with van der Waals surface area (Å²) < 4.78 is 5.58. The highest BCUT2D eigenvalue weighted by Crippen LogP contribution is 2.29. The van der Waals surface area contributed by atoms with Crippen molar-refractivity contribution in [3.63, 3.8) is 0 Å². The van der Waals surface area contributed by atoms with Gasteiger partial charge in [-0.25, -0.2) is 0 Å². The topological polar surface area (TPSA) is 55.4 Å². The predicted octanol–water partition coefficient (Wildman–Crippen LogP) is 2.90. The van der Waals surface area contributed by atoms with Crippen LogP contribution in [0.15, 0.2) is 48.5 Å². The number of hydrogen-bond donors (Lipinski definition) is 1. The molecule has 1 aliphatic heterocycles. The van der Waals surface area contributed by atoms with Gasteiger partial charge in [-0.3, -0.25) is 14.9 Å². The number of hydrogen-bond acceptors (Lipinski definition) is 3. The fraction of sp³-hybridized carbons (Fsp3) is 0.111. The van der Waals surface area contributed by atoms with E-state index in [1.807, 2.05) is 37.3 Å². The normalized spacial score (nSPS) is 15.4. The van der Waals surface area contributed by atoms with E-state index in [0.717, 1.165) is 5.56 Å². The lowest BCUT2D eigenvalue weighted by atomic mass is 9.93. The standard InChI is InChI=1S/C18H15NO3/c1-2-22-16-10-6-3-7-12(16)11-15-13-8-4-5-9-14(13)17(20)19-18(15)21/h3-11H,2H2,1H3,(H,19,20,21). The van der Waals surface area contributed by atoms with Crippen molar-refractivity contribution in [1.29, 1.82) is 0 Å². The largest absolute Gasteiger partial charge is 0.493 e. The Morgan fingerprint density at radius 2 is 1.64 bits per heavy atom. The number of carbonyl (C=O) groups excluding carboxylic acids is 2. The molecule has 0 bridgehead atoms. The fourth-order valence-corrected chi connectivity index (χ4v) is 2.46. The van der Waals surface area contributed by atoms with Gasteiger partial charge >= 0.3 is 0 Å². The second kappa shape index (κ2) is 5.85. The van der Waals surface area contributed by atoms with Gasteiger partial charge in [-0.05, 0) is 30.7 Å². The lowest BCUT2D eigenvalue weighted by Gasteiger charge is -2.18. The summed E-state index contributed by atoms with van der Waals surface area (Å²) in [6, 6.07) is 14.6. The zero-order valence-corrected chi connectivity index (χ0v) is 12.1. The quantitative estimate of drug-likeness (QED) is 0.699. The van der Waals surface area contributed by atoms with E-state index in [9.17, 15) is 9.59 Å². The van der Waals surface area contributed by atoms with Crippen LogP contribution in [-0.4, -0.2) is 18.4 Å². The van der Waals surface area contributed by atoms with Gasteiger partial charge in [0.05, 0.1) is 6.61 Å². The Morgan fingerprint density at radius 1 is 0.955 bits per heavy atom. The van der Waals surface area contributed by atoms with E-state index < -0.39 is 5.91 Å². The molecule has 4 nitrogen and oxygen atoms in total. The molecule has 4 heteroatoms. The average molecular weight is 293 g/mol. The van der Waals surface area contributed by atoms with E-state index in [0.29, 0.717) is 29.1 Å². The van der Waals surface area contributed by atoms with Gasteiger partial charge in [0, 0.05) is 16.7 Å². The first-order chi connectivity index (χ1) is 10.7. The molecule has 0 radical (unpaired) electrons. The summed E-state index contributed by atoms with van der Waals surface area (Å²) in [6.45, 7) is 2.45. The molecule has 1 N–H and O–H groups in total. The molecule has 2 aromatic carbocycles. The maximum atomic E-state index is 12.2. The molecule has 1 aliphatic rings. The van der Waals surface area contributed by atoms with E-state index in [-0.39, 0.29) is 5.91 Å². The van der Waals surface area contributed by atoms with Crippen molar-refractivity contribution in [2.24, 2.45) is 0 Å². The van der Waals surface area contributed by atoms with E-state index in [1.165, 1.54) is 0 Å². The van der Waals surface area contributed by atoms with Crippen molar-refractivity contribution in [2.45, 2.75) is 6.92 Å². The second-order valence-corrected chi connectivity index (χ2v) is 4.86. The third kappa shape index (κ3) is 2.51. The van der Waals surface area contributed by atoms with Crippen LogP contribution in [-0.2, 0) is 4.79 Å². The number of imide groups is 1. The molecule has 0 aliphatic carbocycles. The number of nitrogens with one attached hydrogen (secondary N) is 1. The molecule has 0 spiro atoms. The molecule has 1 heterocycles. The van der Waals surface area contributed by atoms with Crippen molar-refractivity contribution in [3.05, 3.63) is 65.2 Å². The molecule has 0 saturated carbocycles. The highest BCUT2D eigenvalue weighted by Gasteiger charge is 2.26. The molecule has 2 aromatic rings. The Kier molecular flexibility index (Phi) is 3.74. The maximum Gasteiger partial charge on any atom is 0.258 e. The van der Waals surface area contributed by atoms with E-state index in [4.69, 9.17) is 4.74 Å². The second-order valence-electron chi connectivity index (χ2n) is 4.86. The van der Waals surface area contributed by atoms with Gasteiger partial charge in [-0.15, -0.1) is 0 Å². The van der Waals surface area contributed by atoms with Crippen molar-refractivity contribution >= 4 is 23.5 Å². The number of ether oxygens (including phenoxy) is 1. The number of para-hydroxylation sites is 1. The third-order valence-corrected chi connectivity index (χ3v) is 3.45. The monoisotopic (exact) mass is 293 g/mol. The Balaban J connectivity index is 2.13.